The fourth-order valence-corrected chi connectivity index (χ4v) is 3.17. The van der Waals surface area contributed by atoms with Gasteiger partial charge in [-0.15, -0.1) is 0 Å². The first kappa shape index (κ1) is 19.1. The van der Waals surface area contributed by atoms with E-state index >= 15 is 0 Å². The van der Waals surface area contributed by atoms with Crippen molar-refractivity contribution in [1.29, 1.82) is 10.5 Å². The van der Waals surface area contributed by atoms with Crippen molar-refractivity contribution in [3.8, 4) is 23.3 Å². The Hall–Kier alpha value is -4.68. The van der Waals surface area contributed by atoms with Gasteiger partial charge in [0.2, 0.25) is 0 Å². The molecule has 29 heavy (non-hydrogen) atoms. The van der Waals surface area contributed by atoms with E-state index < -0.39 is 43.5 Å². The highest BCUT2D eigenvalue weighted by Crippen LogP contribution is 2.52. The van der Waals surface area contributed by atoms with Crippen molar-refractivity contribution in [3.63, 3.8) is 0 Å². The van der Waals surface area contributed by atoms with Gasteiger partial charge < -0.3 is 5.11 Å². The minimum absolute atomic E-state index is 0.0244. The maximum absolute atomic E-state index is 11.5. The molecule has 0 spiro atoms. The quantitative estimate of drug-likeness (QED) is 0.299. The molecule has 0 saturated carbocycles. The average molecular weight is 393 g/mol. The van der Waals surface area contributed by atoms with Crippen LogP contribution in [0.15, 0.2) is 35.9 Å². The maximum Gasteiger partial charge on any atom is 0.284 e. The molecule has 3 rings (SSSR count). The Morgan fingerprint density at radius 3 is 2.03 bits per heavy atom. The zero-order valence-electron chi connectivity index (χ0n) is 14.1. The topological polar surface area (TPSA) is 197 Å². The summed E-state index contributed by atoms with van der Waals surface area (Å²) in [7, 11) is 0. The summed E-state index contributed by atoms with van der Waals surface area (Å²) in [5.74, 6) is 0. The molecule has 1 N–H and O–H groups in total. The Balaban J connectivity index is 2.55. The van der Waals surface area contributed by atoms with Gasteiger partial charge in [-0.3, -0.25) is 30.3 Å². The van der Waals surface area contributed by atoms with E-state index in [-0.39, 0.29) is 27.8 Å². The van der Waals surface area contributed by atoms with E-state index in [1.54, 1.807) is 6.07 Å². The lowest BCUT2D eigenvalue weighted by Crippen LogP contribution is -2.08. The highest BCUT2D eigenvalue weighted by atomic mass is 16.6. The van der Waals surface area contributed by atoms with Gasteiger partial charge in [0.25, 0.3) is 17.1 Å². The van der Waals surface area contributed by atoms with Crippen LogP contribution in [0.3, 0.4) is 0 Å². The van der Waals surface area contributed by atoms with Crippen molar-refractivity contribution in [1.82, 2.24) is 0 Å². The average Bonchev–Trinajstić information content (AvgIpc) is 3.01. The molecule has 0 amide bonds. The number of hydrogen-bond acceptors (Lipinski definition) is 9. The van der Waals surface area contributed by atoms with Crippen LogP contribution in [0.2, 0.25) is 0 Å². The summed E-state index contributed by atoms with van der Waals surface area (Å²) in [6, 6.07) is 8.09. The lowest BCUT2D eigenvalue weighted by molar-refractivity contribution is -0.393. The second-order valence-electron chi connectivity index (χ2n) is 5.82. The number of rotatable bonds is 4. The predicted octanol–water partition coefficient (Wildman–Crippen LogP) is 2.60. The van der Waals surface area contributed by atoms with Gasteiger partial charge in [-0.05, 0) is 17.2 Å². The first-order valence-corrected chi connectivity index (χ1v) is 7.69. The number of fused-ring (bicyclic) bond motifs is 3. The second kappa shape index (κ2) is 6.80. The molecule has 0 aromatic heterocycles. The summed E-state index contributed by atoms with van der Waals surface area (Å²) in [5.41, 5.74) is -2.61. The molecule has 0 heterocycles. The van der Waals surface area contributed by atoms with E-state index in [4.69, 9.17) is 5.26 Å². The molecule has 2 aromatic rings. The SMILES string of the molecule is N#C/C(=C1\c2cc([N+](=O)[O-])ccc2-c2c1cc([N+](=O)[O-])cc2[N+](=O)[O-])C(O)C#N. The Kier molecular flexibility index (Phi) is 4.48. The molecular weight excluding hydrogens is 386 g/mol. The molecule has 0 radical (unpaired) electrons. The number of nitro groups is 3. The zero-order valence-corrected chi connectivity index (χ0v) is 14.1. The molecule has 1 atom stereocenters. The van der Waals surface area contributed by atoms with Crippen molar-refractivity contribution < 1.29 is 19.9 Å². The van der Waals surface area contributed by atoms with Crippen molar-refractivity contribution in [2.24, 2.45) is 0 Å². The largest absolute Gasteiger partial charge is 0.373 e. The molecule has 0 fully saturated rings. The molecule has 1 aliphatic rings. The third kappa shape index (κ3) is 2.91. The lowest BCUT2D eigenvalue weighted by Gasteiger charge is -2.08. The van der Waals surface area contributed by atoms with E-state index in [9.17, 15) is 40.7 Å². The van der Waals surface area contributed by atoms with Gasteiger partial charge >= 0.3 is 0 Å². The molecular formula is C17H7N5O7. The number of nitrogens with zero attached hydrogens (tertiary/aromatic N) is 5. The smallest absolute Gasteiger partial charge is 0.284 e. The first-order chi connectivity index (χ1) is 13.7. The van der Waals surface area contributed by atoms with Gasteiger partial charge in [0, 0.05) is 29.3 Å². The number of nitriles is 2. The monoisotopic (exact) mass is 393 g/mol. The summed E-state index contributed by atoms with van der Waals surface area (Å²) in [5, 5.41) is 62.3. The lowest BCUT2D eigenvalue weighted by atomic mass is 9.95. The minimum Gasteiger partial charge on any atom is -0.373 e. The Morgan fingerprint density at radius 1 is 0.897 bits per heavy atom. The zero-order chi connectivity index (χ0) is 21.5. The molecule has 1 aliphatic carbocycles. The molecule has 0 aliphatic heterocycles. The van der Waals surface area contributed by atoms with Crippen LogP contribution in [-0.4, -0.2) is 26.0 Å². The van der Waals surface area contributed by atoms with Crippen LogP contribution in [-0.2, 0) is 0 Å². The number of nitro benzene ring substituents is 3. The third-order valence-corrected chi connectivity index (χ3v) is 4.32. The number of non-ortho nitro benzene ring substituents is 2. The number of aliphatic hydroxyl groups is 1. The number of aliphatic hydroxyl groups excluding tert-OH is 1. The van der Waals surface area contributed by atoms with Gasteiger partial charge in [-0.25, -0.2) is 0 Å². The molecule has 2 aromatic carbocycles. The predicted molar refractivity (Wildman–Crippen MR) is 95.1 cm³/mol. The maximum atomic E-state index is 11.5. The van der Waals surface area contributed by atoms with Crippen LogP contribution in [0.5, 0.6) is 0 Å². The molecule has 0 saturated heterocycles. The third-order valence-electron chi connectivity index (χ3n) is 4.32. The van der Waals surface area contributed by atoms with Gasteiger partial charge in [-0.1, -0.05) is 0 Å². The highest BCUT2D eigenvalue weighted by molar-refractivity contribution is 6.07. The fourth-order valence-electron chi connectivity index (χ4n) is 3.17. The highest BCUT2D eigenvalue weighted by Gasteiger charge is 2.37. The summed E-state index contributed by atoms with van der Waals surface area (Å²) in [6.45, 7) is 0. The van der Waals surface area contributed by atoms with Crippen LogP contribution in [0.1, 0.15) is 11.1 Å². The van der Waals surface area contributed by atoms with E-state index in [0.717, 1.165) is 24.3 Å². The summed E-state index contributed by atoms with van der Waals surface area (Å²) >= 11 is 0. The summed E-state index contributed by atoms with van der Waals surface area (Å²) in [4.78, 5) is 31.5. The molecule has 12 heteroatoms. The summed E-state index contributed by atoms with van der Waals surface area (Å²) < 4.78 is 0. The van der Waals surface area contributed by atoms with Gasteiger partial charge in [0.1, 0.15) is 0 Å². The van der Waals surface area contributed by atoms with E-state index in [1.165, 1.54) is 12.1 Å². The Morgan fingerprint density at radius 2 is 1.52 bits per heavy atom. The molecule has 142 valence electrons. The van der Waals surface area contributed by atoms with Gasteiger partial charge in [0.05, 0.1) is 44.1 Å². The Bertz CT molecular complexity index is 1240. The molecule has 1 unspecified atom stereocenters. The van der Waals surface area contributed by atoms with Crippen LogP contribution < -0.4 is 0 Å². The van der Waals surface area contributed by atoms with Crippen LogP contribution in [0.4, 0.5) is 17.1 Å². The molecule has 12 nitrogen and oxygen atoms in total. The van der Waals surface area contributed by atoms with E-state index in [1.807, 2.05) is 0 Å². The number of benzene rings is 2. The van der Waals surface area contributed by atoms with Gasteiger partial charge in [0.15, 0.2) is 6.10 Å². The van der Waals surface area contributed by atoms with E-state index in [2.05, 4.69) is 0 Å². The van der Waals surface area contributed by atoms with Crippen molar-refractivity contribution in [3.05, 3.63) is 77.4 Å². The second-order valence-corrected chi connectivity index (χ2v) is 5.82. The van der Waals surface area contributed by atoms with Crippen molar-refractivity contribution in [2.45, 2.75) is 6.10 Å². The first-order valence-electron chi connectivity index (χ1n) is 7.69. The van der Waals surface area contributed by atoms with Crippen LogP contribution >= 0.6 is 0 Å². The van der Waals surface area contributed by atoms with E-state index in [0.29, 0.717) is 0 Å². The number of hydrogen-bond donors (Lipinski definition) is 1. The Labute approximate surface area is 160 Å². The molecule has 0 bridgehead atoms. The van der Waals surface area contributed by atoms with Crippen LogP contribution in [0, 0.1) is 53.0 Å². The fraction of sp³-hybridized carbons (Fsp3) is 0.0588. The van der Waals surface area contributed by atoms with Crippen molar-refractivity contribution in [2.75, 3.05) is 0 Å². The standard InChI is InChI=1S/C17H7N5O7/c18-6-13(15(23)7-19)16-11-3-8(20(24)25)1-2-10(11)17-12(16)4-9(21(26)27)5-14(17)22(28)29/h1-5,15,23H/b16-13-. The normalized spacial score (nSPS) is 14.0. The van der Waals surface area contributed by atoms with Crippen LogP contribution in [0.25, 0.3) is 16.7 Å². The summed E-state index contributed by atoms with van der Waals surface area (Å²) in [6.07, 6.45) is -1.95. The van der Waals surface area contributed by atoms with Crippen molar-refractivity contribution >= 4 is 22.6 Å². The van der Waals surface area contributed by atoms with Gasteiger partial charge in [-0.2, -0.15) is 10.5 Å². The minimum atomic E-state index is -1.95.